The molecule has 1 heterocycles. The first-order valence-corrected chi connectivity index (χ1v) is 10.7. The van der Waals surface area contributed by atoms with Crippen LogP contribution in [0.5, 0.6) is 0 Å². The van der Waals surface area contributed by atoms with Crippen molar-refractivity contribution in [1.29, 1.82) is 0 Å². The third kappa shape index (κ3) is 4.39. The van der Waals surface area contributed by atoms with E-state index in [0.717, 1.165) is 23.1 Å². The van der Waals surface area contributed by atoms with Crippen LogP contribution in [-0.4, -0.2) is 32.3 Å². The normalized spacial score (nSPS) is 14.1. The predicted molar refractivity (Wildman–Crippen MR) is 106 cm³/mol. The Morgan fingerprint density at radius 2 is 1.70 bits per heavy atom. The van der Waals surface area contributed by atoms with Gasteiger partial charge in [-0.05, 0) is 49.4 Å². The molecule has 0 unspecified atom stereocenters. The van der Waals surface area contributed by atoms with Gasteiger partial charge in [-0.1, -0.05) is 42.0 Å². The predicted octanol–water partition coefficient (Wildman–Crippen LogP) is 2.87. The summed E-state index contributed by atoms with van der Waals surface area (Å²) in [5.41, 5.74) is 4.93. The molecule has 3 rings (SSSR count). The largest absolute Gasteiger partial charge is 0.338 e. The van der Waals surface area contributed by atoms with Gasteiger partial charge in [-0.2, -0.15) is 0 Å². The Kier molecular flexibility index (Phi) is 5.67. The van der Waals surface area contributed by atoms with Crippen LogP contribution < -0.4 is 4.72 Å². The quantitative estimate of drug-likeness (QED) is 0.859. The molecule has 1 N–H and O–H groups in total. The zero-order valence-electron chi connectivity index (χ0n) is 16.1. The number of hydrogen-bond donors (Lipinski definition) is 1. The molecule has 5 nitrogen and oxygen atoms in total. The number of carbonyl (C=O) groups excluding carboxylic acids is 1. The summed E-state index contributed by atoms with van der Waals surface area (Å²) < 4.78 is 27.9. The van der Waals surface area contributed by atoms with E-state index in [2.05, 4.69) is 10.8 Å². The zero-order valence-corrected chi connectivity index (χ0v) is 16.9. The minimum absolute atomic E-state index is 0.0236. The van der Waals surface area contributed by atoms with E-state index in [1.165, 1.54) is 11.1 Å². The number of sulfonamides is 1. The summed E-state index contributed by atoms with van der Waals surface area (Å²) in [7, 11) is -3.63. The van der Waals surface area contributed by atoms with Gasteiger partial charge >= 0.3 is 0 Å². The van der Waals surface area contributed by atoms with Crippen molar-refractivity contribution in [2.45, 2.75) is 45.1 Å². The fourth-order valence-corrected chi connectivity index (χ4v) is 5.30. The van der Waals surface area contributed by atoms with E-state index in [1.807, 2.05) is 37.3 Å². The molecule has 1 aliphatic heterocycles. The van der Waals surface area contributed by atoms with Crippen molar-refractivity contribution in [3.05, 3.63) is 64.2 Å². The number of aryl methyl sites for hydroxylation is 3. The van der Waals surface area contributed by atoms with Crippen molar-refractivity contribution < 1.29 is 13.2 Å². The number of nitrogens with zero attached hydrogens (tertiary/aromatic N) is 1. The van der Waals surface area contributed by atoms with Crippen molar-refractivity contribution in [1.82, 2.24) is 9.62 Å². The van der Waals surface area contributed by atoms with E-state index in [4.69, 9.17) is 0 Å². The average Bonchev–Trinajstić information content (AvgIpc) is 2.59. The van der Waals surface area contributed by atoms with Crippen LogP contribution in [-0.2, 0) is 27.8 Å². The van der Waals surface area contributed by atoms with Crippen molar-refractivity contribution in [2.75, 3.05) is 13.1 Å². The highest BCUT2D eigenvalue weighted by molar-refractivity contribution is 7.89. The average molecular weight is 387 g/mol. The van der Waals surface area contributed by atoms with Gasteiger partial charge in [-0.25, -0.2) is 13.1 Å². The number of carbonyl (C=O) groups is 1. The maximum atomic E-state index is 12.7. The van der Waals surface area contributed by atoms with Crippen molar-refractivity contribution in [3.8, 4) is 0 Å². The number of rotatable bonds is 5. The van der Waals surface area contributed by atoms with Gasteiger partial charge in [0.2, 0.25) is 15.9 Å². The van der Waals surface area contributed by atoms with Crippen LogP contribution in [0.4, 0.5) is 0 Å². The molecule has 1 amide bonds. The van der Waals surface area contributed by atoms with E-state index in [1.54, 1.807) is 18.7 Å². The molecule has 0 spiro atoms. The van der Waals surface area contributed by atoms with E-state index in [0.29, 0.717) is 18.0 Å². The second kappa shape index (κ2) is 7.82. The standard InChI is InChI=1S/C21H26N2O3S/c1-15-12-16(2)21(17(3)13-15)27(25,26)22-10-8-20(24)23-11-9-18-6-4-5-7-19(18)14-23/h4-7,12-13,22H,8-11,14H2,1-3H3. The van der Waals surface area contributed by atoms with Gasteiger partial charge in [-0.15, -0.1) is 0 Å². The molecule has 0 bridgehead atoms. The Hall–Kier alpha value is -2.18. The molecule has 6 heteroatoms. The summed E-state index contributed by atoms with van der Waals surface area (Å²) in [4.78, 5) is 14.6. The summed E-state index contributed by atoms with van der Waals surface area (Å²) in [6, 6.07) is 11.8. The molecular weight excluding hydrogens is 360 g/mol. The smallest absolute Gasteiger partial charge is 0.241 e. The first kappa shape index (κ1) is 19.6. The molecule has 144 valence electrons. The van der Waals surface area contributed by atoms with Gasteiger partial charge in [0, 0.05) is 26.1 Å². The summed E-state index contributed by atoms with van der Waals surface area (Å²) in [5, 5.41) is 0. The lowest BCUT2D eigenvalue weighted by Gasteiger charge is -2.29. The van der Waals surface area contributed by atoms with Crippen molar-refractivity contribution in [3.63, 3.8) is 0 Å². The second-order valence-electron chi connectivity index (χ2n) is 7.21. The third-order valence-electron chi connectivity index (χ3n) is 4.99. The SMILES string of the molecule is Cc1cc(C)c(S(=O)(=O)NCCC(=O)N2CCc3ccccc3C2)c(C)c1. The van der Waals surface area contributed by atoms with Crippen molar-refractivity contribution >= 4 is 15.9 Å². The fraction of sp³-hybridized carbons (Fsp3) is 0.381. The molecule has 0 radical (unpaired) electrons. The molecule has 27 heavy (non-hydrogen) atoms. The molecule has 0 saturated carbocycles. The number of nitrogens with one attached hydrogen (secondary N) is 1. The van der Waals surface area contributed by atoms with Crippen LogP contribution in [0.3, 0.4) is 0 Å². The van der Waals surface area contributed by atoms with E-state index in [-0.39, 0.29) is 18.9 Å². The van der Waals surface area contributed by atoms with Crippen LogP contribution in [0.2, 0.25) is 0 Å². The molecule has 1 aliphatic rings. The Morgan fingerprint density at radius 1 is 1.07 bits per heavy atom. The highest BCUT2D eigenvalue weighted by atomic mass is 32.2. The number of benzene rings is 2. The van der Waals surface area contributed by atoms with Crippen LogP contribution in [0.25, 0.3) is 0 Å². The Bertz CT molecular complexity index is 944. The highest BCUT2D eigenvalue weighted by Crippen LogP contribution is 2.22. The minimum atomic E-state index is -3.63. The van der Waals surface area contributed by atoms with Crippen molar-refractivity contribution in [2.24, 2.45) is 0 Å². The van der Waals surface area contributed by atoms with Gasteiger partial charge in [0.1, 0.15) is 0 Å². The Balaban J connectivity index is 1.60. The van der Waals surface area contributed by atoms with Crippen LogP contribution >= 0.6 is 0 Å². The maximum Gasteiger partial charge on any atom is 0.241 e. The minimum Gasteiger partial charge on any atom is -0.338 e. The lowest BCUT2D eigenvalue weighted by atomic mass is 10.00. The summed E-state index contributed by atoms with van der Waals surface area (Å²) in [5.74, 6) is -0.0236. The van der Waals surface area contributed by atoms with Crippen LogP contribution in [0.1, 0.15) is 34.2 Å². The molecule has 0 atom stereocenters. The summed E-state index contributed by atoms with van der Waals surface area (Å²) >= 11 is 0. The second-order valence-corrected chi connectivity index (χ2v) is 8.91. The molecule has 2 aromatic rings. The summed E-state index contributed by atoms with van der Waals surface area (Å²) in [6.45, 7) is 6.91. The van der Waals surface area contributed by atoms with Gasteiger partial charge in [0.15, 0.2) is 0 Å². The van der Waals surface area contributed by atoms with Gasteiger partial charge in [0.05, 0.1) is 4.90 Å². The third-order valence-corrected chi connectivity index (χ3v) is 6.75. The number of amides is 1. The lowest BCUT2D eigenvalue weighted by Crippen LogP contribution is -2.38. The Labute approximate surface area is 161 Å². The fourth-order valence-electron chi connectivity index (χ4n) is 3.82. The van der Waals surface area contributed by atoms with E-state index >= 15 is 0 Å². The molecule has 0 aromatic heterocycles. The number of hydrogen-bond acceptors (Lipinski definition) is 3. The van der Waals surface area contributed by atoms with E-state index in [9.17, 15) is 13.2 Å². The first-order valence-electron chi connectivity index (χ1n) is 9.20. The first-order chi connectivity index (χ1) is 12.8. The van der Waals surface area contributed by atoms with Crippen LogP contribution in [0, 0.1) is 20.8 Å². The molecule has 0 saturated heterocycles. The Morgan fingerprint density at radius 3 is 2.37 bits per heavy atom. The van der Waals surface area contributed by atoms with Gasteiger partial charge < -0.3 is 4.90 Å². The molecular formula is C21H26N2O3S. The molecule has 0 aliphatic carbocycles. The highest BCUT2D eigenvalue weighted by Gasteiger charge is 2.22. The van der Waals surface area contributed by atoms with E-state index < -0.39 is 10.0 Å². The summed E-state index contributed by atoms with van der Waals surface area (Å²) in [6.07, 6.45) is 1.00. The number of fused-ring (bicyclic) bond motifs is 1. The van der Waals surface area contributed by atoms with Gasteiger partial charge in [0.25, 0.3) is 0 Å². The lowest BCUT2D eigenvalue weighted by molar-refractivity contribution is -0.131. The molecule has 2 aromatic carbocycles. The topological polar surface area (TPSA) is 66.5 Å². The maximum absolute atomic E-state index is 12.7. The monoisotopic (exact) mass is 386 g/mol. The molecule has 0 fully saturated rings. The zero-order chi connectivity index (χ0) is 19.6. The van der Waals surface area contributed by atoms with Crippen LogP contribution in [0.15, 0.2) is 41.3 Å². The van der Waals surface area contributed by atoms with Gasteiger partial charge in [-0.3, -0.25) is 4.79 Å².